The Bertz CT molecular complexity index is 879. The second-order valence-electron chi connectivity index (χ2n) is 4.53. The minimum atomic E-state index is -0.485. The van der Waals surface area contributed by atoms with Crippen molar-refractivity contribution in [2.45, 2.75) is 0 Å². The molecule has 0 N–H and O–H groups in total. The summed E-state index contributed by atoms with van der Waals surface area (Å²) in [6.07, 6.45) is 0. The van der Waals surface area contributed by atoms with Gasteiger partial charge in [-0.3, -0.25) is 10.1 Å². The van der Waals surface area contributed by atoms with E-state index in [0.29, 0.717) is 11.3 Å². The lowest BCUT2D eigenvalue weighted by Crippen LogP contribution is -1.91. The van der Waals surface area contributed by atoms with Crippen molar-refractivity contribution < 1.29 is 14.1 Å². The minimum Gasteiger partial charge on any atom is -0.497 e. The first-order valence-electron chi connectivity index (χ1n) is 6.51. The first kappa shape index (κ1) is 15.2. The standard InChI is InChI=1S/C15H10BrN3O4/c1-22-9-6-7-12(16)11(8-9)15-18-17-14(23-15)10-4-2-3-5-13(10)19(20)21/h2-8H,1H3. The van der Waals surface area contributed by atoms with Crippen LogP contribution in [0.2, 0.25) is 0 Å². The van der Waals surface area contributed by atoms with Crippen molar-refractivity contribution in [3.05, 3.63) is 57.1 Å². The molecule has 3 rings (SSSR count). The van der Waals surface area contributed by atoms with Crippen LogP contribution in [0.4, 0.5) is 5.69 Å². The molecule has 116 valence electrons. The number of aromatic nitrogens is 2. The van der Waals surface area contributed by atoms with Gasteiger partial charge in [-0.05, 0) is 40.2 Å². The van der Waals surface area contributed by atoms with Gasteiger partial charge in [-0.1, -0.05) is 12.1 Å². The zero-order valence-electron chi connectivity index (χ0n) is 11.9. The monoisotopic (exact) mass is 375 g/mol. The molecule has 1 heterocycles. The van der Waals surface area contributed by atoms with E-state index in [1.54, 1.807) is 43.5 Å². The first-order valence-corrected chi connectivity index (χ1v) is 7.30. The van der Waals surface area contributed by atoms with Crippen LogP contribution in [0.15, 0.2) is 51.4 Å². The van der Waals surface area contributed by atoms with Gasteiger partial charge in [0, 0.05) is 10.5 Å². The predicted octanol–water partition coefficient (Wildman–Crippen LogP) is 4.08. The quantitative estimate of drug-likeness (QED) is 0.503. The van der Waals surface area contributed by atoms with E-state index in [-0.39, 0.29) is 23.0 Å². The largest absolute Gasteiger partial charge is 0.497 e. The van der Waals surface area contributed by atoms with Crippen molar-refractivity contribution in [3.63, 3.8) is 0 Å². The highest BCUT2D eigenvalue weighted by Crippen LogP contribution is 2.34. The van der Waals surface area contributed by atoms with Gasteiger partial charge in [-0.25, -0.2) is 0 Å². The Morgan fingerprint density at radius 2 is 1.83 bits per heavy atom. The van der Waals surface area contributed by atoms with E-state index >= 15 is 0 Å². The van der Waals surface area contributed by atoms with E-state index in [9.17, 15) is 10.1 Å². The molecule has 1 aromatic heterocycles. The van der Waals surface area contributed by atoms with E-state index in [1.165, 1.54) is 6.07 Å². The number of hydrogen-bond donors (Lipinski definition) is 0. The molecular weight excluding hydrogens is 366 g/mol. The van der Waals surface area contributed by atoms with Crippen LogP contribution in [0.25, 0.3) is 22.9 Å². The van der Waals surface area contributed by atoms with E-state index < -0.39 is 4.92 Å². The average Bonchev–Trinajstić information content (AvgIpc) is 3.05. The molecule has 0 amide bonds. The van der Waals surface area contributed by atoms with Crippen LogP contribution in [0.1, 0.15) is 0 Å². The average molecular weight is 376 g/mol. The van der Waals surface area contributed by atoms with Crippen LogP contribution in [-0.2, 0) is 0 Å². The Morgan fingerprint density at radius 1 is 1.13 bits per heavy atom. The van der Waals surface area contributed by atoms with Crippen LogP contribution >= 0.6 is 15.9 Å². The van der Waals surface area contributed by atoms with Gasteiger partial charge in [0.25, 0.3) is 11.6 Å². The molecule has 23 heavy (non-hydrogen) atoms. The van der Waals surface area contributed by atoms with E-state index in [2.05, 4.69) is 26.1 Å². The summed E-state index contributed by atoms with van der Waals surface area (Å²) in [5.41, 5.74) is 0.823. The Balaban J connectivity index is 2.07. The Kier molecular flexibility index (Phi) is 4.07. The normalized spacial score (nSPS) is 10.5. The van der Waals surface area contributed by atoms with Crippen molar-refractivity contribution in [2.75, 3.05) is 7.11 Å². The smallest absolute Gasteiger partial charge is 0.282 e. The van der Waals surface area contributed by atoms with Crippen LogP contribution in [0, 0.1) is 10.1 Å². The summed E-state index contributed by atoms with van der Waals surface area (Å²) < 4.78 is 11.5. The number of para-hydroxylation sites is 1. The van der Waals surface area contributed by atoms with Gasteiger partial charge < -0.3 is 9.15 Å². The van der Waals surface area contributed by atoms with Crippen LogP contribution < -0.4 is 4.74 Å². The number of nitro groups is 1. The van der Waals surface area contributed by atoms with Crippen LogP contribution in [-0.4, -0.2) is 22.2 Å². The summed E-state index contributed by atoms with van der Waals surface area (Å²) in [4.78, 5) is 10.6. The van der Waals surface area contributed by atoms with E-state index in [0.717, 1.165) is 4.47 Å². The van der Waals surface area contributed by atoms with Gasteiger partial charge in [-0.15, -0.1) is 10.2 Å². The molecule has 0 saturated heterocycles. The molecule has 0 atom stereocenters. The molecule has 0 bridgehead atoms. The van der Waals surface area contributed by atoms with Gasteiger partial charge in [0.2, 0.25) is 5.89 Å². The van der Waals surface area contributed by atoms with Crippen LogP contribution in [0.5, 0.6) is 5.75 Å². The second-order valence-corrected chi connectivity index (χ2v) is 5.39. The zero-order valence-corrected chi connectivity index (χ0v) is 13.5. The molecule has 0 aliphatic rings. The maximum absolute atomic E-state index is 11.1. The van der Waals surface area contributed by atoms with Gasteiger partial charge >= 0.3 is 0 Å². The maximum atomic E-state index is 11.1. The third kappa shape index (κ3) is 2.93. The predicted molar refractivity (Wildman–Crippen MR) is 86.1 cm³/mol. The van der Waals surface area contributed by atoms with Crippen molar-refractivity contribution in [3.8, 4) is 28.7 Å². The minimum absolute atomic E-state index is 0.0852. The zero-order chi connectivity index (χ0) is 16.4. The lowest BCUT2D eigenvalue weighted by Gasteiger charge is -2.03. The fourth-order valence-electron chi connectivity index (χ4n) is 2.05. The van der Waals surface area contributed by atoms with Crippen molar-refractivity contribution in [1.29, 1.82) is 0 Å². The fourth-order valence-corrected chi connectivity index (χ4v) is 2.47. The third-order valence-electron chi connectivity index (χ3n) is 3.16. The number of benzene rings is 2. The molecule has 0 radical (unpaired) electrons. The number of methoxy groups -OCH3 is 1. The summed E-state index contributed by atoms with van der Waals surface area (Å²) in [5, 5.41) is 19.0. The molecule has 0 aliphatic heterocycles. The Hall–Kier alpha value is -2.74. The summed E-state index contributed by atoms with van der Waals surface area (Å²) in [7, 11) is 1.56. The number of rotatable bonds is 4. The SMILES string of the molecule is COc1ccc(Br)c(-c2nnc(-c3ccccc3[N+](=O)[O-])o2)c1. The molecule has 0 saturated carbocycles. The number of ether oxygens (including phenoxy) is 1. The summed E-state index contributed by atoms with van der Waals surface area (Å²) in [6, 6.07) is 11.5. The number of nitro benzene ring substituents is 1. The lowest BCUT2D eigenvalue weighted by molar-refractivity contribution is -0.384. The van der Waals surface area contributed by atoms with Crippen molar-refractivity contribution >= 4 is 21.6 Å². The number of halogens is 1. The highest BCUT2D eigenvalue weighted by atomic mass is 79.9. The molecule has 0 spiro atoms. The second kappa shape index (κ2) is 6.17. The molecule has 0 aliphatic carbocycles. The maximum Gasteiger partial charge on any atom is 0.282 e. The summed E-state index contributed by atoms with van der Waals surface area (Å²) in [6.45, 7) is 0. The van der Waals surface area contributed by atoms with Crippen molar-refractivity contribution in [1.82, 2.24) is 10.2 Å². The summed E-state index contributed by atoms with van der Waals surface area (Å²) >= 11 is 3.41. The summed E-state index contributed by atoms with van der Waals surface area (Å²) in [5.74, 6) is 0.958. The number of nitrogens with zero attached hydrogens (tertiary/aromatic N) is 3. The Labute approximate surface area is 139 Å². The molecule has 7 nitrogen and oxygen atoms in total. The van der Waals surface area contributed by atoms with E-state index in [4.69, 9.17) is 9.15 Å². The lowest BCUT2D eigenvalue weighted by atomic mass is 10.2. The van der Waals surface area contributed by atoms with Crippen LogP contribution in [0.3, 0.4) is 0 Å². The number of hydrogen-bond acceptors (Lipinski definition) is 6. The topological polar surface area (TPSA) is 91.3 Å². The molecule has 2 aromatic carbocycles. The molecule has 0 fully saturated rings. The third-order valence-corrected chi connectivity index (χ3v) is 3.85. The van der Waals surface area contributed by atoms with Gasteiger partial charge in [-0.2, -0.15) is 0 Å². The Morgan fingerprint density at radius 3 is 2.52 bits per heavy atom. The van der Waals surface area contributed by atoms with Gasteiger partial charge in [0.05, 0.1) is 17.6 Å². The highest BCUT2D eigenvalue weighted by Gasteiger charge is 2.21. The molecular formula is C15H10BrN3O4. The molecule has 0 unspecified atom stereocenters. The fraction of sp³-hybridized carbons (Fsp3) is 0.0667. The van der Waals surface area contributed by atoms with Gasteiger partial charge in [0.15, 0.2) is 0 Å². The highest BCUT2D eigenvalue weighted by molar-refractivity contribution is 9.10. The van der Waals surface area contributed by atoms with E-state index in [1.807, 2.05) is 0 Å². The van der Waals surface area contributed by atoms with Crippen molar-refractivity contribution in [2.24, 2.45) is 0 Å². The molecule has 8 heteroatoms. The first-order chi connectivity index (χ1) is 11.1. The molecule has 3 aromatic rings. The van der Waals surface area contributed by atoms with Gasteiger partial charge in [0.1, 0.15) is 11.3 Å².